The van der Waals surface area contributed by atoms with Gasteiger partial charge in [-0.3, -0.25) is 0 Å². The van der Waals surface area contributed by atoms with Gasteiger partial charge in [0, 0.05) is 6.07 Å². The van der Waals surface area contributed by atoms with Crippen molar-refractivity contribution in [1.29, 1.82) is 0 Å². The molecule has 0 aliphatic rings. The van der Waals surface area contributed by atoms with E-state index in [1.54, 1.807) is 17.4 Å². The van der Waals surface area contributed by atoms with Crippen molar-refractivity contribution in [2.24, 2.45) is 0 Å². The van der Waals surface area contributed by atoms with Crippen molar-refractivity contribution in [3.8, 4) is 28.1 Å². The van der Waals surface area contributed by atoms with E-state index >= 15 is 0 Å². The molecule has 6 heteroatoms. The molecule has 0 saturated carbocycles. The summed E-state index contributed by atoms with van der Waals surface area (Å²) in [7, 11) is 1.42. The number of halogens is 1. The number of benzene rings is 2. The van der Waals surface area contributed by atoms with Crippen molar-refractivity contribution in [2.45, 2.75) is 0 Å². The first-order chi connectivity index (χ1) is 12.2. The van der Waals surface area contributed by atoms with E-state index in [2.05, 4.69) is 9.97 Å². The van der Waals surface area contributed by atoms with Gasteiger partial charge >= 0.3 is 0 Å². The lowest BCUT2D eigenvalue weighted by Gasteiger charge is -2.10. The standard InChI is InChI=1S/C19H13FN2O2S/c1-23-16-9-8-12(11-14(16)20)24-19-13-5-2-3-6-15(13)21-18(22-19)17-7-4-10-25-17/h2-11H,1H3. The highest BCUT2D eigenvalue weighted by molar-refractivity contribution is 7.13. The molecule has 0 aliphatic heterocycles. The normalized spacial score (nSPS) is 10.8. The Balaban J connectivity index is 1.81. The Bertz CT molecular complexity index is 1030. The van der Waals surface area contributed by atoms with Gasteiger partial charge in [0.1, 0.15) is 5.75 Å². The Kier molecular flexibility index (Phi) is 4.03. The van der Waals surface area contributed by atoms with E-state index in [1.807, 2.05) is 41.8 Å². The van der Waals surface area contributed by atoms with Crippen LogP contribution in [-0.2, 0) is 0 Å². The van der Waals surface area contributed by atoms with Gasteiger partial charge in [-0.25, -0.2) is 9.37 Å². The lowest BCUT2D eigenvalue weighted by molar-refractivity contribution is 0.382. The van der Waals surface area contributed by atoms with Crippen molar-refractivity contribution in [2.75, 3.05) is 7.11 Å². The van der Waals surface area contributed by atoms with Gasteiger partial charge in [-0.1, -0.05) is 18.2 Å². The number of methoxy groups -OCH3 is 1. The Morgan fingerprint density at radius 2 is 1.88 bits per heavy atom. The minimum absolute atomic E-state index is 0.166. The van der Waals surface area contributed by atoms with Gasteiger partial charge in [0.2, 0.25) is 5.88 Å². The summed E-state index contributed by atoms with van der Waals surface area (Å²) >= 11 is 1.55. The van der Waals surface area contributed by atoms with Crippen LogP contribution in [0, 0.1) is 5.82 Å². The third-order valence-corrected chi connectivity index (χ3v) is 4.51. The zero-order valence-corrected chi connectivity index (χ0v) is 14.1. The van der Waals surface area contributed by atoms with Crippen LogP contribution in [0.25, 0.3) is 21.6 Å². The van der Waals surface area contributed by atoms with Crippen LogP contribution in [0.1, 0.15) is 0 Å². The molecule has 0 saturated heterocycles. The summed E-state index contributed by atoms with van der Waals surface area (Å²) in [6, 6.07) is 15.9. The molecule has 0 amide bonds. The molecule has 124 valence electrons. The second-order valence-corrected chi connectivity index (χ2v) is 6.19. The topological polar surface area (TPSA) is 44.2 Å². The van der Waals surface area contributed by atoms with Crippen LogP contribution in [0.2, 0.25) is 0 Å². The largest absolute Gasteiger partial charge is 0.494 e. The molecular weight excluding hydrogens is 339 g/mol. The zero-order chi connectivity index (χ0) is 17.2. The molecular formula is C19H13FN2O2S. The number of aromatic nitrogens is 2. The first-order valence-electron chi connectivity index (χ1n) is 7.56. The molecule has 0 fully saturated rings. The highest BCUT2D eigenvalue weighted by Crippen LogP contribution is 2.32. The molecule has 2 aromatic heterocycles. The Morgan fingerprint density at radius 1 is 1.00 bits per heavy atom. The maximum atomic E-state index is 13.9. The maximum absolute atomic E-state index is 13.9. The molecule has 0 atom stereocenters. The van der Waals surface area contributed by atoms with Crippen LogP contribution in [0.15, 0.2) is 60.0 Å². The third-order valence-electron chi connectivity index (χ3n) is 3.65. The second kappa shape index (κ2) is 6.49. The smallest absolute Gasteiger partial charge is 0.230 e. The number of hydrogen-bond donors (Lipinski definition) is 0. The molecule has 4 nitrogen and oxygen atoms in total. The molecule has 0 aliphatic carbocycles. The molecule has 25 heavy (non-hydrogen) atoms. The predicted molar refractivity (Wildman–Crippen MR) is 95.9 cm³/mol. The summed E-state index contributed by atoms with van der Waals surface area (Å²) in [4.78, 5) is 10.1. The number of para-hydroxylation sites is 1. The van der Waals surface area contributed by atoms with E-state index in [9.17, 15) is 4.39 Å². The summed E-state index contributed by atoms with van der Waals surface area (Å²) in [5.74, 6) is 0.992. The number of thiophene rings is 1. The van der Waals surface area contributed by atoms with Crippen molar-refractivity contribution in [3.05, 3.63) is 65.8 Å². The predicted octanol–water partition coefficient (Wildman–Crippen LogP) is 5.30. The molecule has 0 spiro atoms. The first-order valence-corrected chi connectivity index (χ1v) is 8.44. The summed E-state index contributed by atoms with van der Waals surface area (Å²) in [5, 5.41) is 2.73. The molecule has 0 N–H and O–H groups in total. The number of rotatable bonds is 4. The van der Waals surface area contributed by atoms with E-state index in [4.69, 9.17) is 9.47 Å². The van der Waals surface area contributed by atoms with E-state index in [-0.39, 0.29) is 5.75 Å². The average molecular weight is 352 g/mol. The highest BCUT2D eigenvalue weighted by Gasteiger charge is 2.13. The molecule has 0 unspecified atom stereocenters. The molecule has 2 aromatic carbocycles. The first kappa shape index (κ1) is 15.5. The van der Waals surface area contributed by atoms with Crippen LogP contribution in [0.5, 0.6) is 17.4 Å². The molecule has 2 heterocycles. The van der Waals surface area contributed by atoms with E-state index in [1.165, 1.54) is 19.2 Å². The van der Waals surface area contributed by atoms with Crippen molar-refractivity contribution in [1.82, 2.24) is 9.97 Å². The van der Waals surface area contributed by atoms with Gasteiger partial charge in [0.15, 0.2) is 17.4 Å². The van der Waals surface area contributed by atoms with Gasteiger partial charge in [-0.2, -0.15) is 4.98 Å². The third kappa shape index (κ3) is 3.04. The van der Waals surface area contributed by atoms with Crippen LogP contribution in [-0.4, -0.2) is 17.1 Å². The minimum Gasteiger partial charge on any atom is -0.494 e. The number of hydrogen-bond acceptors (Lipinski definition) is 5. The highest BCUT2D eigenvalue weighted by atomic mass is 32.1. The van der Waals surface area contributed by atoms with E-state index in [0.29, 0.717) is 17.5 Å². The van der Waals surface area contributed by atoms with Gasteiger partial charge in [-0.05, 0) is 35.7 Å². The Morgan fingerprint density at radius 3 is 2.64 bits per heavy atom. The summed E-state index contributed by atoms with van der Waals surface area (Å²) in [6.45, 7) is 0. The number of fused-ring (bicyclic) bond motifs is 1. The van der Waals surface area contributed by atoms with Gasteiger partial charge in [0.25, 0.3) is 0 Å². The van der Waals surface area contributed by atoms with Crippen LogP contribution in [0.4, 0.5) is 4.39 Å². The molecule has 4 aromatic rings. The van der Waals surface area contributed by atoms with Gasteiger partial charge in [0.05, 0.1) is 22.9 Å². The van der Waals surface area contributed by atoms with Crippen molar-refractivity contribution in [3.63, 3.8) is 0 Å². The van der Waals surface area contributed by atoms with Crippen molar-refractivity contribution >= 4 is 22.2 Å². The Hall–Kier alpha value is -2.99. The van der Waals surface area contributed by atoms with Crippen LogP contribution >= 0.6 is 11.3 Å². The molecule has 0 bridgehead atoms. The molecule has 0 radical (unpaired) electrons. The fourth-order valence-corrected chi connectivity index (χ4v) is 3.12. The fraction of sp³-hybridized carbons (Fsp3) is 0.0526. The van der Waals surface area contributed by atoms with Crippen LogP contribution in [0.3, 0.4) is 0 Å². The monoisotopic (exact) mass is 352 g/mol. The number of ether oxygens (including phenoxy) is 2. The van der Waals surface area contributed by atoms with Crippen LogP contribution < -0.4 is 9.47 Å². The second-order valence-electron chi connectivity index (χ2n) is 5.25. The van der Waals surface area contributed by atoms with Gasteiger partial charge < -0.3 is 9.47 Å². The van der Waals surface area contributed by atoms with Gasteiger partial charge in [-0.15, -0.1) is 11.3 Å². The lowest BCUT2D eigenvalue weighted by Crippen LogP contribution is -1.96. The summed E-state index contributed by atoms with van der Waals surface area (Å²) < 4.78 is 24.7. The SMILES string of the molecule is COc1ccc(Oc2nc(-c3cccs3)nc3ccccc23)cc1F. The van der Waals surface area contributed by atoms with E-state index < -0.39 is 5.82 Å². The average Bonchev–Trinajstić information content (AvgIpc) is 3.16. The quantitative estimate of drug-likeness (QED) is 0.500. The lowest BCUT2D eigenvalue weighted by atomic mass is 10.2. The maximum Gasteiger partial charge on any atom is 0.230 e. The fourth-order valence-electron chi connectivity index (χ4n) is 2.46. The van der Waals surface area contributed by atoms with E-state index in [0.717, 1.165) is 15.8 Å². The zero-order valence-electron chi connectivity index (χ0n) is 13.3. The summed E-state index contributed by atoms with van der Waals surface area (Å²) in [6.07, 6.45) is 0. The van der Waals surface area contributed by atoms with Crippen molar-refractivity contribution < 1.29 is 13.9 Å². The molecule has 4 rings (SSSR count). The number of nitrogens with zero attached hydrogens (tertiary/aromatic N) is 2. The summed E-state index contributed by atoms with van der Waals surface area (Å²) in [5.41, 5.74) is 0.768. The Labute approximate surface area is 147 Å². The minimum atomic E-state index is -0.489.